The normalized spacial score (nSPS) is 13.4. The molecule has 1 aliphatic heterocycles. The smallest absolute Gasteiger partial charge is 0.340 e. The van der Waals surface area contributed by atoms with Gasteiger partial charge in [-0.1, -0.05) is 20.4 Å². The highest BCUT2D eigenvalue weighted by atomic mass is 19.4. The quantitative estimate of drug-likeness (QED) is 0.603. The van der Waals surface area contributed by atoms with Crippen molar-refractivity contribution in [2.24, 2.45) is 0 Å². The van der Waals surface area contributed by atoms with Gasteiger partial charge < -0.3 is 15.5 Å². The Morgan fingerprint density at radius 1 is 1.18 bits per heavy atom. The Kier molecular flexibility index (Phi) is 5.39. The minimum atomic E-state index is -4.54. The van der Waals surface area contributed by atoms with Crippen molar-refractivity contribution in [2.75, 3.05) is 22.6 Å². The molecule has 7 nitrogen and oxygen atoms in total. The number of rotatable bonds is 4. The zero-order chi connectivity index (χ0) is 24.1. The zero-order valence-electron chi connectivity index (χ0n) is 18.2. The second-order valence-electron chi connectivity index (χ2n) is 8.17. The molecule has 1 amide bonds. The highest BCUT2D eigenvalue weighted by molar-refractivity contribution is 5.93. The first-order valence-electron chi connectivity index (χ1n) is 10.2. The Hall–Kier alpha value is -3.82. The number of benzene rings is 2. The van der Waals surface area contributed by atoms with Crippen molar-refractivity contribution < 1.29 is 18.0 Å². The first-order valence-corrected chi connectivity index (χ1v) is 10.2. The van der Waals surface area contributed by atoms with Crippen LogP contribution >= 0.6 is 0 Å². The van der Waals surface area contributed by atoms with Gasteiger partial charge in [0.25, 0.3) is 5.56 Å². The van der Waals surface area contributed by atoms with Crippen molar-refractivity contribution in [1.29, 1.82) is 0 Å². The van der Waals surface area contributed by atoms with E-state index >= 15 is 0 Å². The summed E-state index contributed by atoms with van der Waals surface area (Å²) in [5, 5.41) is 10.3. The van der Waals surface area contributed by atoms with Crippen molar-refractivity contribution >= 4 is 33.7 Å². The molecule has 0 spiro atoms. The summed E-state index contributed by atoms with van der Waals surface area (Å²) in [6.45, 7) is 7.04. The third kappa shape index (κ3) is 4.15. The molecule has 0 bridgehead atoms. The molecule has 0 radical (unpaired) electrons. The van der Waals surface area contributed by atoms with Crippen LogP contribution in [0.1, 0.15) is 31.0 Å². The van der Waals surface area contributed by atoms with Crippen LogP contribution in [-0.4, -0.2) is 22.7 Å². The summed E-state index contributed by atoms with van der Waals surface area (Å²) in [4.78, 5) is 27.4. The summed E-state index contributed by atoms with van der Waals surface area (Å²) >= 11 is 0. The molecular weight excluding hydrogens is 435 g/mol. The number of fused-ring (bicyclic) bond motifs is 2. The van der Waals surface area contributed by atoms with Gasteiger partial charge in [-0.05, 0) is 42.3 Å². The monoisotopic (exact) mass is 457 g/mol. The molecule has 1 aliphatic rings. The predicted octanol–water partition coefficient (Wildman–Crippen LogP) is 4.51. The summed E-state index contributed by atoms with van der Waals surface area (Å²) in [6, 6.07) is 8.23. The lowest BCUT2D eigenvalue weighted by Gasteiger charge is -2.15. The van der Waals surface area contributed by atoms with E-state index in [0.29, 0.717) is 17.2 Å². The fourth-order valence-corrected chi connectivity index (χ4v) is 3.75. The van der Waals surface area contributed by atoms with Crippen LogP contribution < -0.4 is 21.1 Å². The number of alkyl halides is 3. The van der Waals surface area contributed by atoms with Crippen LogP contribution in [0, 0.1) is 0 Å². The Morgan fingerprint density at radius 2 is 1.91 bits per heavy atom. The van der Waals surface area contributed by atoms with E-state index in [1.807, 2.05) is 18.0 Å². The molecule has 2 N–H and O–H groups in total. The molecule has 33 heavy (non-hydrogen) atoms. The van der Waals surface area contributed by atoms with Crippen LogP contribution in [0.15, 0.2) is 53.6 Å². The van der Waals surface area contributed by atoms with Gasteiger partial charge in [0.15, 0.2) is 0 Å². The van der Waals surface area contributed by atoms with Crippen LogP contribution in [0.3, 0.4) is 0 Å². The number of amides is 1. The number of hydrogen-bond acceptors (Lipinski definition) is 5. The topological polar surface area (TPSA) is 79.3 Å². The van der Waals surface area contributed by atoms with Gasteiger partial charge in [0.1, 0.15) is 12.4 Å². The number of halogens is 3. The van der Waals surface area contributed by atoms with Gasteiger partial charge in [-0.2, -0.15) is 18.3 Å². The molecule has 2 aromatic carbocycles. The third-order valence-corrected chi connectivity index (χ3v) is 5.48. The summed E-state index contributed by atoms with van der Waals surface area (Å²) in [5.74, 6) is -0.0512. The molecule has 0 atom stereocenters. The van der Waals surface area contributed by atoms with Gasteiger partial charge in [-0.25, -0.2) is 4.68 Å². The van der Waals surface area contributed by atoms with Crippen LogP contribution in [0.25, 0.3) is 10.8 Å². The van der Waals surface area contributed by atoms with Crippen LogP contribution in [0.2, 0.25) is 0 Å². The van der Waals surface area contributed by atoms with E-state index in [9.17, 15) is 22.8 Å². The minimum Gasteiger partial charge on any atom is -0.340 e. The van der Waals surface area contributed by atoms with Gasteiger partial charge in [0, 0.05) is 18.1 Å². The average molecular weight is 457 g/mol. The number of hydrogen-bond donors (Lipinski definition) is 2. The van der Waals surface area contributed by atoms with Gasteiger partial charge in [-0.15, -0.1) is 0 Å². The van der Waals surface area contributed by atoms with Crippen LogP contribution in [0.5, 0.6) is 0 Å². The first-order chi connectivity index (χ1) is 15.5. The van der Waals surface area contributed by atoms with Crippen LogP contribution in [0.4, 0.5) is 30.2 Å². The molecule has 3 aromatic rings. The molecule has 172 valence electrons. The van der Waals surface area contributed by atoms with E-state index in [-0.39, 0.29) is 23.2 Å². The van der Waals surface area contributed by atoms with Crippen molar-refractivity contribution in [2.45, 2.75) is 32.5 Å². The van der Waals surface area contributed by atoms with Crippen molar-refractivity contribution in [3.05, 3.63) is 70.4 Å². The molecule has 10 heteroatoms. The number of aromatic nitrogens is 2. The number of carbonyl (C=O) groups excluding carboxylic acids is 1. The molecule has 0 unspecified atom stereocenters. The molecular formula is C23H22F3N5O2. The maximum absolute atomic E-state index is 13.2. The fraction of sp³-hybridized carbons (Fsp3) is 0.261. The standard InChI is InChI=1S/C23H22F3N5O2/c1-12(2)21-17-9-14(23(24,25)26)5-7-16(17)22(33)31(29-21)11-20(32)28-15-6-8-19-18(10-15)27-13(3)30(19)4/h5-10,12,27H,3,11H2,1-2,4H3,(H,28,32). The summed E-state index contributed by atoms with van der Waals surface area (Å²) < 4.78 is 40.5. The Morgan fingerprint density at radius 3 is 2.58 bits per heavy atom. The first kappa shape index (κ1) is 22.4. The molecule has 0 aliphatic carbocycles. The van der Waals surface area contributed by atoms with E-state index in [1.54, 1.807) is 26.0 Å². The highest BCUT2D eigenvalue weighted by Gasteiger charge is 2.31. The Balaban J connectivity index is 1.64. The predicted molar refractivity (Wildman–Crippen MR) is 121 cm³/mol. The third-order valence-electron chi connectivity index (χ3n) is 5.48. The maximum atomic E-state index is 13.2. The number of nitrogens with zero attached hydrogens (tertiary/aromatic N) is 3. The second-order valence-corrected chi connectivity index (χ2v) is 8.17. The minimum absolute atomic E-state index is 0.0813. The number of nitrogens with one attached hydrogen (secondary N) is 2. The highest BCUT2D eigenvalue weighted by Crippen LogP contribution is 2.36. The maximum Gasteiger partial charge on any atom is 0.416 e. The van der Waals surface area contributed by atoms with Crippen molar-refractivity contribution in [3.8, 4) is 0 Å². The SMILES string of the molecule is C=C1Nc2cc(NC(=O)Cn3nc(C(C)C)c4cc(C(F)(F)F)ccc4c3=O)ccc2N1C. The van der Waals surface area contributed by atoms with Gasteiger partial charge in [0.2, 0.25) is 5.91 Å². The summed E-state index contributed by atoms with van der Waals surface area (Å²) in [6.07, 6.45) is -4.54. The van der Waals surface area contributed by atoms with E-state index in [4.69, 9.17) is 0 Å². The lowest BCUT2D eigenvalue weighted by atomic mass is 10.0. The largest absolute Gasteiger partial charge is 0.416 e. The lowest BCUT2D eigenvalue weighted by Crippen LogP contribution is -2.31. The van der Waals surface area contributed by atoms with Gasteiger partial charge >= 0.3 is 6.18 Å². The summed E-state index contributed by atoms with van der Waals surface area (Å²) in [7, 11) is 1.86. The molecule has 0 saturated heterocycles. The average Bonchev–Trinajstić information content (AvgIpc) is 3.01. The fourth-order valence-electron chi connectivity index (χ4n) is 3.75. The molecule has 1 aromatic heterocycles. The van der Waals surface area contributed by atoms with E-state index in [0.717, 1.165) is 34.3 Å². The molecule has 0 saturated carbocycles. The van der Waals surface area contributed by atoms with Gasteiger partial charge in [0.05, 0.1) is 28.0 Å². The Labute approximate surface area is 187 Å². The Bertz CT molecular complexity index is 1340. The van der Waals surface area contributed by atoms with E-state index in [2.05, 4.69) is 22.3 Å². The summed E-state index contributed by atoms with van der Waals surface area (Å²) in [5.41, 5.74) is 1.03. The molecule has 2 heterocycles. The molecule has 0 fully saturated rings. The zero-order valence-corrected chi connectivity index (χ0v) is 18.2. The second kappa shape index (κ2) is 7.95. The van der Waals surface area contributed by atoms with Gasteiger partial charge in [-0.3, -0.25) is 9.59 Å². The van der Waals surface area contributed by atoms with E-state index in [1.165, 1.54) is 0 Å². The van der Waals surface area contributed by atoms with Crippen molar-refractivity contribution in [1.82, 2.24) is 9.78 Å². The number of carbonyl (C=O) groups is 1. The van der Waals surface area contributed by atoms with Crippen molar-refractivity contribution in [3.63, 3.8) is 0 Å². The van der Waals surface area contributed by atoms with Crippen LogP contribution in [-0.2, 0) is 17.5 Å². The van der Waals surface area contributed by atoms with E-state index < -0.39 is 23.2 Å². The number of anilines is 3. The molecule has 4 rings (SSSR count). The lowest BCUT2D eigenvalue weighted by molar-refractivity contribution is -0.137.